The molecule has 1 heterocycles. The number of hydrogen-bond acceptors (Lipinski definition) is 8. The van der Waals surface area contributed by atoms with Gasteiger partial charge in [-0.05, 0) is 64.7 Å². The Kier molecular flexibility index (Phi) is 7.71. The molecule has 0 fully saturated rings. The third-order valence-electron chi connectivity index (χ3n) is 3.62. The van der Waals surface area contributed by atoms with Crippen molar-refractivity contribution in [2.75, 3.05) is 23.7 Å². The zero-order chi connectivity index (χ0) is 20.7. The average molecular weight is 478 g/mol. The number of nitrogens with one attached hydrogen (secondary N) is 4. The Morgan fingerprint density at radius 2 is 2.18 bits per heavy atom. The third-order valence-corrected chi connectivity index (χ3v) is 6.19. The smallest absolute Gasteiger partial charge is 0.203 e. The molecule has 13 heteroatoms. The van der Waals surface area contributed by atoms with E-state index in [2.05, 4.69) is 46.8 Å². The molecule has 1 aromatic carbocycles. The van der Waals surface area contributed by atoms with Crippen LogP contribution in [0.5, 0.6) is 0 Å². The first-order valence-corrected chi connectivity index (χ1v) is 10.7. The molecule has 0 saturated heterocycles. The van der Waals surface area contributed by atoms with Gasteiger partial charge in [-0.25, -0.2) is 22.7 Å². The van der Waals surface area contributed by atoms with Crippen LogP contribution in [0.15, 0.2) is 32.5 Å². The largest absolute Gasteiger partial charge is 0.409 e. The van der Waals surface area contributed by atoms with Crippen LogP contribution in [0, 0.1) is 10.6 Å². The Bertz CT molecular complexity index is 933. The molecule has 0 radical (unpaired) electrons. The van der Waals surface area contributed by atoms with Gasteiger partial charge in [-0.15, -0.1) is 0 Å². The molecular formula is C15H21BrFN7O3S. The van der Waals surface area contributed by atoms with E-state index in [0.717, 1.165) is 0 Å². The molecule has 1 unspecified atom stereocenters. The molecule has 154 valence electrons. The molecule has 0 aliphatic heterocycles. The summed E-state index contributed by atoms with van der Waals surface area (Å²) < 4.78 is 40.6. The zero-order valence-corrected chi connectivity index (χ0v) is 17.6. The first-order valence-electron chi connectivity index (χ1n) is 8.27. The molecule has 0 bridgehead atoms. The number of oxime groups is 1. The summed E-state index contributed by atoms with van der Waals surface area (Å²) >= 11 is 3.08. The summed E-state index contributed by atoms with van der Waals surface area (Å²) in [6.07, 6.45) is 0.554. The topological polar surface area (TPSA) is 149 Å². The highest BCUT2D eigenvalue weighted by atomic mass is 79.9. The lowest BCUT2D eigenvalue weighted by molar-refractivity contribution is 0.305. The minimum Gasteiger partial charge on any atom is -0.409 e. The average Bonchev–Trinajstić information content (AvgIpc) is 3.10. The van der Waals surface area contributed by atoms with Gasteiger partial charge in [0, 0.05) is 18.8 Å². The van der Waals surface area contributed by atoms with E-state index in [9.17, 15) is 13.8 Å². The van der Waals surface area contributed by atoms with Crippen LogP contribution in [0.3, 0.4) is 0 Å². The molecule has 5 N–H and O–H groups in total. The number of rotatable bonds is 9. The van der Waals surface area contributed by atoms with Crippen LogP contribution in [0.25, 0.3) is 0 Å². The normalized spacial score (nSPS) is 14.1. The Labute approximate surface area is 170 Å². The van der Waals surface area contributed by atoms with E-state index >= 15 is 0 Å². The van der Waals surface area contributed by atoms with Gasteiger partial charge in [0.15, 0.2) is 5.69 Å². The number of amidine groups is 1. The van der Waals surface area contributed by atoms with Gasteiger partial charge < -0.3 is 15.8 Å². The van der Waals surface area contributed by atoms with Crippen LogP contribution in [0.2, 0.25) is 0 Å². The minimum atomic E-state index is -2.82. The van der Waals surface area contributed by atoms with Crippen LogP contribution in [0.4, 0.5) is 15.9 Å². The molecule has 0 spiro atoms. The summed E-state index contributed by atoms with van der Waals surface area (Å²) in [6, 6.07) is 4.18. The van der Waals surface area contributed by atoms with Crippen molar-refractivity contribution >= 4 is 43.2 Å². The lowest BCUT2D eigenvalue weighted by Gasteiger charge is -2.12. The second kappa shape index (κ2) is 9.80. The summed E-state index contributed by atoms with van der Waals surface area (Å²) in [6.45, 7) is 4.23. The van der Waals surface area contributed by atoms with Crippen LogP contribution in [0.1, 0.15) is 26.0 Å². The maximum Gasteiger partial charge on any atom is 0.203 e. The van der Waals surface area contributed by atoms with Crippen molar-refractivity contribution in [3.8, 4) is 0 Å². The second-order valence-corrected chi connectivity index (χ2v) is 9.28. The number of nitrogens with zero attached hydrogens (tertiary/aromatic N) is 3. The Morgan fingerprint density at radius 3 is 2.82 bits per heavy atom. The lowest BCUT2D eigenvalue weighted by atomic mass is 10.3. The van der Waals surface area contributed by atoms with E-state index in [0.29, 0.717) is 25.2 Å². The van der Waals surface area contributed by atoms with Crippen molar-refractivity contribution in [2.24, 2.45) is 5.16 Å². The molecule has 0 aliphatic rings. The monoisotopic (exact) mass is 477 g/mol. The van der Waals surface area contributed by atoms with Gasteiger partial charge in [0.25, 0.3) is 0 Å². The Hall–Kier alpha value is -2.25. The van der Waals surface area contributed by atoms with E-state index in [1.807, 2.05) is 0 Å². The second-order valence-electron chi connectivity index (χ2n) is 5.99. The van der Waals surface area contributed by atoms with Crippen molar-refractivity contribution in [1.29, 1.82) is 4.78 Å². The van der Waals surface area contributed by atoms with Crippen LogP contribution >= 0.6 is 15.9 Å². The first kappa shape index (κ1) is 22.0. The molecule has 0 amide bonds. The van der Waals surface area contributed by atoms with Crippen LogP contribution in [-0.4, -0.2) is 43.9 Å². The summed E-state index contributed by atoms with van der Waals surface area (Å²) in [4.78, 5) is 0. The van der Waals surface area contributed by atoms with E-state index in [4.69, 9.17) is 9.41 Å². The Balaban J connectivity index is 1.95. The minimum absolute atomic E-state index is 0.0469. The van der Waals surface area contributed by atoms with Gasteiger partial charge in [0.2, 0.25) is 11.7 Å². The van der Waals surface area contributed by atoms with Crippen molar-refractivity contribution in [1.82, 2.24) is 15.0 Å². The molecule has 2 rings (SSSR count). The van der Waals surface area contributed by atoms with Gasteiger partial charge in [-0.3, -0.25) is 0 Å². The third kappa shape index (κ3) is 5.87. The highest BCUT2D eigenvalue weighted by Gasteiger charge is 2.18. The van der Waals surface area contributed by atoms with Gasteiger partial charge in [0.05, 0.1) is 9.72 Å². The fourth-order valence-electron chi connectivity index (χ4n) is 1.99. The van der Waals surface area contributed by atoms with Crippen LogP contribution < -0.4 is 15.4 Å². The maximum absolute atomic E-state index is 13.3. The number of anilines is 2. The van der Waals surface area contributed by atoms with E-state index in [1.165, 1.54) is 18.2 Å². The molecule has 10 nitrogen and oxygen atoms in total. The molecule has 1 aromatic heterocycles. The summed E-state index contributed by atoms with van der Waals surface area (Å²) in [5.41, 5.74) is 0.584. The fraction of sp³-hybridized carbons (Fsp3) is 0.400. The molecule has 0 saturated carbocycles. The van der Waals surface area contributed by atoms with Crippen LogP contribution in [-0.2, 0) is 9.92 Å². The summed E-state index contributed by atoms with van der Waals surface area (Å²) in [7, 11) is -2.82. The van der Waals surface area contributed by atoms with E-state index < -0.39 is 15.7 Å². The van der Waals surface area contributed by atoms with Gasteiger partial charge in [-0.2, -0.15) is 0 Å². The predicted molar refractivity (Wildman–Crippen MR) is 107 cm³/mol. The van der Waals surface area contributed by atoms with E-state index in [-0.39, 0.29) is 27.1 Å². The standard InChI is InChI=1S/C15H21BrFN7O3S/c1-9(2)28(18,26)20-7-3-6-19-14-13(23-27-24-14)15(22-25)21-10-4-5-12(17)11(16)8-10/h4-5,8-9,25H,3,6-7H2,1-2H3,(H,19,24)(H,21,22)(H2,18,20,26). The summed E-state index contributed by atoms with van der Waals surface area (Å²) in [5, 5.41) is 25.4. The fourth-order valence-corrected chi connectivity index (χ4v) is 3.15. The Morgan fingerprint density at radius 1 is 1.43 bits per heavy atom. The van der Waals surface area contributed by atoms with E-state index in [1.54, 1.807) is 13.8 Å². The zero-order valence-electron chi connectivity index (χ0n) is 15.2. The van der Waals surface area contributed by atoms with Gasteiger partial charge in [-0.1, -0.05) is 5.16 Å². The van der Waals surface area contributed by atoms with Crippen molar-refractivity contribution < 1.29 is 18.4 Å². The lowest BCUT2D eigenvalue weighted by Crippen LogP contribution is -2.31. The molecule has 1 atom stereocenters. The molecule has 0 aliphatic carbocycles. The van der Waals surface area contributed by atoms with Crippen molar-refractivity contribution in [3.05, 3.63) is 34.2 Å². The predicted octanol–water partition coefficient (Wildman–Crippen LogP) is 2.98. The quantitative estimate of drug-likeness (QED) is 0.122. The highest BCUT2D eigenvalue weighted by Crippen LogP contribution is 2.21. The van der Waals surface area contributed by atoms with Gasteiger partial charge in [0.1, 0.15) is 15.7 Å². The van der Waals surface area contributed by atoms with Gasteiger partial charge >= 0.3 is 0 Å². The van der Waals surface area contributed by atoms with Crippen molar-refractivity contribution in [2.45, 2.75) is 25.5 Å². The maximum atomic E-state index is 13.3. The number of hydrogen-bond donors (Lipinski definition) is 5. The summed E-state index contributed by atoms with van der Waals surface area (Å²) in [5.74, 6) is -0.243. The van der Waals surface area contributed by atoms with Crippen molar-refractivity contribution in [3.63, 3.8) is 0 Å². The SMILES string of the molecule is CC(C)S(=N)(=O)NCCCNc1nonc1/C(=N/O)Nc1ccc(F)c(Br)c1. The molecule has 2 aromatic rings. The highest BCUT2D eigenvalue weighted by molar-refractivity contribution is 9.10. The number of aromatic nitrogens is 2. The first-order chi connectivity index (χ1) is 13.2. The number of halogens is 2. The number of benzene rings is 1. The molecule has 28 heavy (non-hydrogen) atoms. The molecular weight excluding hydrogens is 457 g/mol.